The third-order valence-corrected chi connectivity index (χ3v) is 7.90. The summed E-state index contributed by atoms with van der Waals surface area (Å²) in [6.07, 6.45) is -2.07. The number of carbonyl (C=O) groups is 1. The van der Waals surface area contributed by atoms with Crippen LogP contribution in [0.15, 0.2) is 42.9 Å². The maximum absolute atomic E-state index is 16.0. The summed E-state index contributed by atoms with van der Waals surface area (Å²) in [5, 5.41) is 24.1. The second kappa shape index (κ2) is 11.2. The fourth-order valence-corrected chi connectivity index (χ4v) is 5.67. The van der Waals surface area contributed by atoms with E-state index >= 15 is 4.39 Å². The molecule has 214 valence electrons. The van der Waals surface area contributed by atoms with E-state index in [0.717, 1.165) is 11.0 Å². The van der Waals surface area contributed by atoms with Gasteiger partial charge in [-0.1, -0.05) is 29.8 Å². The lowest BCUT2D eigenvalue weighted by molar-refractivity contribution is -0.149. The summed E-state index contributed by atoms with van der Waals surface area (Å²) in [6.45, 7) is 3.85. The van der Waals surface area contributed by atoms with Gasteiger partial charge in [0.1, 0.15) is 42.2 Å². The molecule has 1 fully saturated rings. The number of anilines is 1. The van der Waals surface area contributed by atoms with Gasteiger partial charge in [0.05, 0.1) is 24.3 Å². The largest absolute Gasteiger partial charge is 0.462 e. The van der Waals surface area contributed by atoms with Crippen molar-refractivity contribution < 1.29 is 37.4 Å². The molecule has 17 heteroatoms. The highest BCUT2D eigenvalue weighted by atomic mass is 35.5. The molecule has 0 bridgehead atoms. The zero-order chi connectivity index (χ0) is 29.3. The molecule has 40 heavy (non-hydrogen) atoms. The van der Waals surface area contributed by atoms with E-state index in [1.165, 1.54) is 25.3 Å². The second-order valence-electron chi connectivity index (χ2n) is 9.07. The second-order valence-corrected chi connectivity index (χ2v) is 11.3. The number of halogens is 2. The molecule has 0 amide bonds. The number of para-hydroxylation sites is 1. The van der Waals surface area contributed by atoms with E-state index in [1.807, 2.05) is 0 Å². The average Bonchev–Trinajstić information content (AvgIpc) is 3.41. The molecule has 0 unspecified atom stereocenters. The number of ether oxygens (including phenoxy) is 2. The van der Waals surface area contributed by atoms with Gasteiger partial charge >= 0.3 is 19.4 Å². The predicted molar refractivity (Wildman–Crippen MR) is 138 cm³/mol. The Bertz CT molecular complexity index is 1470. The van der Waals surface area contributed by atoms with E-state index < -0.39 is 55.5 Å². The van der Waals surface area contributed by atoms with Gasteiger partial charge in [0, 0.05) is 0 Å². The molecule has 3 heterocycles. The molecule has 0 spiro atoms. The number of nitriles is 1. The number of fused-ring (bicyclic) bond motifs is 1. The van der Waals surface area contributed by atoms with Crippen LogP contribution in [0.1, 0.15) is 20.8 Å². The Hall–Kier alpha value is -3.38. The van der Waals surface area contributed by atoms with E-state index in [4.69, 9.17) is 35.9 Å². The van der Waals surface area contributed by atoms with E-state index in [2.05, 4.69) is 20.2 Å². The Balaban J connectivity index is 1.61. The third-order valence-electron chi connectivity index (χ3n) is 5.78. The number of aromatic nitrogens is 4. The van der Waals surface area contributed by atoms with Crippen molar-refractivity contribution in [3.8, 4) is 11.8 Å². The van der Waals surface area contributed by atoms with Gasteiger partial charge in [-0.15, -0.1) is 0 Å². The molecule has 0 saturated carbocycles. The summed E-state index contributed by atoms with van der Waals surface area (Å²) in [5.74, 6) is -0.636. The number of nitrogens with one attached hydrogen (secondary N) is 1. The third kappa shape index (κ3) is 5.46. The summed E-state index contributed by atoms with van der Waals surface area (Å²) in [4.78, 5) is 20.1. The van der Waals surface area contributed by atoms with Gasteiger partial charge < -0.3 is 24.8 Å². The molecular weight excluding hydrogens is 572 g/mol. The average molecular weight is 598 g/mol. The van der Waals surface area contributed by atoms with Crippen molar-refractivity contribution in [1.29, 1.82) is 5.26 Å². The van der Waals surface area contributed by atoms with E-state index in [-0.39, 0.29) is 22.6 Å². The number of nitrogen functional groups attached to an aromatic ring is 1. The Labute approximate surface area is 232 Å². The first-order valence-corrected chi connectivity index (χ1v) is 13.8. The molecule has 4 rings (SSSR count). The minimum Gasteiger partial charge on any atom is -0.462 e. The van der Waals surface area contributed by atoms with Crippen LogP contribution in [0.4, 0.5) is 10.2 Å². The van der Waals surface area contributed by atoms with Crippen LogP contribution in [0.25, 0.3) is 11.0 Å². The molecule has 14 nitrogen and oxygen atoms in total. The van der Waals surface area contributed by atoms with E-state index in [0.29, 0.717) is 0 Å². The van der Waals surface area contributed by atoms with Crippen LogP contribution in [-0.4, -0.2) is 66.9 Å². The number of aliphatic hydroxyl groups excluding tert-OH is 1. The van der Waals surface area contributed by atoms with Crippen LogP contribution >= 0.6 is 19.3 Å². The highest BCUT2D eigenvalue weighted by molar-refractivity contribution is 7.52. The molecule has 1 aromatic carbocycles. The first kappa shape index (κ1) is 29.6. The number of aliphatic hydroxyl groups is 1. The minimum absolute atomic E-state index is 0.00279. The monoisotopic (exact) mass is 597 g/mol. The van der Waals surface area contributed by atoms with Crippen molar-refractivity contribution >= 4 is 42.2 Å². The fourth-order valence-electron chi connectivity index (χ4n) is 3.86. The summed E-state index contributed by atoms with van der Waals surface area (Å²) in [7, 11) is -4.42. The van der Waals surface area contributed by atoms with Crippen LogP contribution in [-0.2, 0) is 29.1 Å². The predicted octanol–water partition coefficient (Wildman–Crippen LogP) is 2.38. The molecule has 4 N–H and O–H groups in total. The number of benzene rings is 1. The molecule has 1 saturated heterocycles. The Morgan fingerprint density at radius 1 is 1.38 bits per heavy atom. The Morgan fingerprint density at radius 2 is 2.08 bits per heavy atom. The number of rotatable bonds is 10. The van der Waals surface area contributed by atoms with E-state index in [9.17, 15) is 19.7 Å². The first-order valence-electron chi connectivity index (χ1n) is 11.9. The number of nitrogens with two attached hydrogens (primary N) is 1. The van der Waals surface area contributed by atoms with Gasteiger partial charge in [-0.05, 0) is 32.9 Å². The van der Waals surface area contributed by atoms with Crippen molar-refractivity contribution in [2.75, 3.05) is 12.3 Å². The van der Waals surface area contributed by atoms with Gasteiger partial charge in [-0.2, -0.15) is 20.1 Å². The molecular formula is C23H26ClFN7O7P. The number of carbonyl (C=O) groups excluding carboxylic acids is 1. The number of alkyl halides is 2. The Morgan fingerprint density at radius 3 is 2.73 bits per heavy atom. The van der Waals surface area contributed by atoms with Crippen molar-refractivity contribution in [2.45, 2.75) is 56.0 Å². The van der Waals surface area contributed by atoms with Crippen LogP contribution in [0, 0.1) is 11.3 Å². The van der Waals surface area contributed by atoms with Crippen LogP contribution < -0.4 is 15.3 Å². The van der Waals surface area contributed by atoms with Gasteiger partial charge in [0.15, 0.2) is 5.65 Å². The number of esters is 1. The quantitative estimate of drug-likeness (QED) is 0.175. The van der Waals surface area contributed by atoms with Gasteiger partial charge in [0.25, 0.3) is 5.13 Å². The molecule has 0 radical (unpaired) electrons. The van der Waals surface area contributed by atoms with Gasteiger partial charge in [-0.25, -0.2) is 18.9 Å². The van der Waals surface area contributed by atoms with Crippen molar-refractivity contribution in [3.63, 3.8) is 0 Å². The van der Waals surface area contributed by atoms with Crippen LogP contribution in [0.2, 0.25) is 0 Å². The number of hydrogen-bond acceptors (Lipinski definition) is 12. The normalized spacial score (nSPS) is 26.8. The SMILES string of the molecule is CC(C)OC(=O)[C@H](C)N[P@@](=O)(OC[C@H]1O[C@@](C#N)(n2ncc3c(N)ncnc32)[C@@](F)(Cl)[C@@H]1O)Oc1ccccc1. The zero-order valence-corrected chi connectivity index (χ0v) is 23.1. The Kier molecular flexibility index (Phi) is 8.32. The maximum Gasteiger partial charge on any atom is 0.459 e. The van der Waals surface area contributed by atoms with E-state index in [1.54, 1.807) is 38.1 Å². The minimum atomic E-state index is -4.42. The first-order chi connectivity index (χ1) is 18.8. The lowest BCUT2D eigenvalue weighted by Crippen LogP contribution is -2.50. The lowest BCUT2D eigenvalue weighted by Gasteiger charge is -2.29. The topological polar surface area (TPSA) is 197 Å². The summed E-state index contributed by atoms with van der Waals surface area (Å²) < 4.78 is 52.2. The smallest absolute Gasteiger partial charge is 0.459 e. The number of hydrogen-bond donors (Lipinski definition) is 3. The standard InChI is InChI=1S/C23H26ClFN7O7P/c1-13(2)37-21(34)14(3)31-40(35,39-15-7-5-4-6-8-15)36-10-17-18(33)23(24,25)22(11-26,38-17)32-20-16(9-30-32)19(27)28-12-29-20/h4-9,12-14,17-18,33H,10H2,1-3H3,(H,31,35)(H2,27,28,29)/t14-,17+,18+,22+,23+,40+/m0/s1. The maximum atomic E-state index is 16.0. The summed E-state index contributed by atoms with van der Waals surface area (Å²) in [6, 6.07) is 8.33. The van der Waals surface area contributed by atoms with Gasteiger partial charge in [-0.3, -0.25) is 9.32 Å². The molecule has 0 aliphatic carbocycles. The van der Waals surface area contributed by atoms with Crippen molar-refractivity contribution in [2.24, 2.45) is 0 Å². The fraction of sp³-hybridized carbons (Fsp3) is 0.435. The van der Waals surface area contributed by atoms with Gasteiger partial charge in [0.2, 0.25) is 0 Å². The molecule has 3 aromatic rings. The van der Waals surface area contributed by atoms with Crippen LogP contribution in [0.3, 0.4) is 0 Å². The molecule has 1 aliphatic rings. The lowest BCUT2D eigenvalue weighted by atomic mass is 10.0. The molecule has 6 atom stereocenters. The molecule has 1 aliphatic heterocycles. The highest BCUT2D eigenvalue weighted by Gasteiger charge is 2.70. The summed E-state index contributed by atoms with van der Waals surface area (Å²) in [5.41, 5.74) is 2.96. The number of nitrogens with zero attached hydrogens (tertiary/aromatic N) is 5. The zero-order valence-electron chi connectivity index (χ0n) is 21.5. The molecule has 2 aromatic heterocycles. The van der Waals surface area contributed by atoms with Crippen molar-refractivity contribution in [1.82, 2.24) is 24.8 Å². The summed E-state index contributed by atoms with van der Waals surface area (Å²) >= 11 is 6.09. The van der Waals surface area contributed by atoms with Crippen LogP contribution in [0.5, 0.6) is 5.75 Å². The van der Waals surface area contributed by atoms with Crippen molar-refractivity contribution in [3.05, 3.63) is 42.9 Å². The highest BCUT2D eigenvalue weighted by Crippen LogP contribution is 2.52.